The van der Waals surface area contributed by atoms with Gasteiger partial charge in [0.2, 0.25) is 0 Å². The van der Waals surface area contributed by atoms with E-state index in [0.717, 1.165) is 37.5 Å². The number of benzene rings is 2. The van der Waals surface area contributed by atoms with E-state index in [9.17, 15) is 0 Å². The number of ether oxygens (including phenoxy) is 1. The first kappa shape index (κ1) is 18.3. The van der Waals surface area contributed by atoms with Crippen LogP contribution in [-0.2, 0) is 0 Å². The van der Waals surface area contributed by atoms with E-state index in [1.165, 1.54) is 11.3 Å². The van der Waals surface area contributed by atoms with Crippen LogP contribution in [0.25, 0.3) is 0 Å². The van der Waals surface area contributed by atoms with E-state index in [1.54, 1.807) is 0 Å². The Morgan fingerprint density at radius 1 is 0.962 bits per heavy atom. The average Bonchev–Trinajstić information content (AvgIpc) is 2.67. The fourth-order valence-corrected chi connectivity index (χ4v) is 3.50. The third-order valence-corrected chi connectivity index (χ3v) is 4.93. The summed E-state index contributed by atoms with van der Waals surface area (Å²) in [4.78, 5) is 4.89. The van der Waals surface area contributed by atoms with Crippen molar-refractivity contribution in [2.75, 3.05) is 31.1 Å². The first-order valence-electron chi connectivity index (χ1n) is 9.33. The average molecular weight is 349 g/mol. The van der Waals surface area contributed by atoms with Gasteiger partial charge in [0.15, 0.2) is 0 Å². The predicted octanol–water partition coefficient (Wildman–Crippen LogP) is 4.23. The lowest BCUT2D eigenvalue weighted by Gasteiger charge is -2.39. The summed E-state index contributed by atoms with van der Waals surface area (Å²) in [6.45, 7) is 10.3. The molecular weight excluding hydrogens is 322 g/mol. The van der Waals surface area contributed by atoms with Crippen LogP contribution in [0.5, 0.6) is 5.75 Å². The van der Waals surface area contributed by atoms with Crippen LogP contribution < -0.4 is 9.64 Å². The van der Waals surface area contributed by atoms with Gasteiger partial charge >= 0.3 is 0 Å². The molecule has 3 rings (SSSR count). The monoisotopic (exact) mass is 349 g/mol. The zero-order chi connectivity index (χ0) is 18.5. The summed E-state index contributed by atoms with van der Waals surface area (Å²) in [6.07, 6.45) is 0.171. The lowest BCUT2D eigenvalue weighted by molar-refractivity contribution is 0.197. The zero-order valence-corrected chi connectivity index (χ0v) is 15.9. The maximum Gasteiger partial charge on any atom is 0.142 e. The highest BCUT2D eigenvalue weighted by molar-refractivity contribution is 5.58. The van der Waals surface area contributed by atoms with Crippen LogP contribution in [0.15, 0.2) is 48.5 Å². The molecule has 26 heavy (non-hydrogen) atoms. The molecule has 4 heteroatoms. The summed E-state index contributed by atoms with van der Waals surface area (Å²) in [7, 11) is 0. The molecular formula is C22H27N3O. The number of anilines is 1. The van der Waals surface area contributed by atoms with Gasteiger partial charge in [-0.1, -0.05) is 24.3 Å². The van der Waals surface area contributed by atoms with Crippen LogP contribution in [0.1, 0.15) is 37.9 Å². The molecule has 1 fully saturated rings. The van der Waals surface area contributed by atoms with E-state index in [4.69, 9.17) is 10.00 Å². The second-order valence-electron chi connectivity index (χ2n) is 7.07. The highest BCUT2D eigenvalue weighted by atomic mass is 16.5. The smallest absolute Gasteiger partial charge is 0.142 e. The van der Waals surface area contributed by atoms with Gasteiger partial charge in [0, 0.05) is 32.2 Å². The molecule has 0 spiro atoms. The van der Waals surface area contributed by atoms with Crippen LogP contribution in [0, 0.1) is 11.3 Å². The van der Waals surface area contributed by atoms with Crippen LogP contribution in [0.2, 0.25) is 0 Å². The van der Waals surface area contributed by atoms with Crippen LogP contribution in [0.4, 0.5) is 5.69 Å². The quantitative estimate of drug-likeness (QED) is 0.810. The molecule has 1 unspecified atom stereocenters. The number of piperazine rings is 1. The molecule has 0 aliphatic carbocycles. The van der Waals surface area contributed by atoms with Crippen molar-refractivity contribution in [3.8, 4) is 11.8 Å². The van der Waals surface area contributed by atoms with Crippen molar-refractivity contribution in [3.05, 3.63) is 59.7 Å². The molecule has 1 aliphatic rings. The molecule has 2 aromatic carbocycles. The Morgan fingerprint density at radius 2 is 1.69 bits per heavy atom. The Labute approximate surface area is 156 Å². The lowest BCUT2D eigenvalue weighted by Crippen LogP contribution is -2.47. The van der Waals surface area contributed by atoms with Gasteiger partial charge in [0.25, 0.3) is 0 Å². The van der Waals surface area contributed by atoms with Gasteiger partial charge in [-0.2, -0.15) is 5.26 Å². The molecule has 0 bridgehead atoms. The normalized spacial score (nSPS) is 16.3. The maximum absolute atomic E-state index is 9.12. The van der Waals surface area contributed by atoms with Crippen molar-refractivity contribution in [1.29, 1.82) is 5.26 Å². The Kier molecular flexibility index (Phi) is 5.80. The Morgan fingerprint density at radius 3 is 2.38 bits per heavy atom. The minimum absolute atomic E-state index is 0.171. The SMILES string of the molecule is CC(C)Oc1ccccc1N1CCN(C(C)c2cccc(C#N)c2)CC1. The topological polar surface area (TPSA) is 39.5 Å². The number of rotatable bonds is 5. The van der Waals surface area contributed by atoms with Crippen molar-refractivity contribution >= 4 is 5.69 Å². The van der Waals surface area contributed by atoms with Gasteiger partial charge in [-0.05, 0) is 50.6 Å². The van der Waals surface area contributed by atoms with E-state index in [2.05, 4.69) is 60.9 Å². The fourth-order valence-electron chi connectivity index (χ4n) is 3.50. The van der Waals surface area contributed by atoms with Crippen LogP contribution in [-0.4, -0.2) is 37.2 Å². The second kappa shape index (κ2) is 8.25. The predicted molar refractivity (Wildman–Crippen MR) is 106 cm³/mol. The Hall–Kier alpha value is -2.51. The van der Waals surface area contributed by atoms with E-state index >= 15 is 0 Å². The molecule has 0 N–H and O–H groups in total. The van der Waals surface area contributed by atoms with Gasteiger partial charge in [0.05, 0.1) is 23.4 Å². The minimum atomic E-state index is 0.171. The van der Waals surface area contributed by atoms with E-state index in [1.807, 2.05) is 24.3 Å². The summed E-state index contributed by atoms with van der Waals surface area (Å²) in [5.41, 5.74) is 3.12. The largest absolute Gasteiger partial charge is 0.489 e. The molecule has 0 saturated carbocycles. The minimum Gasteiger partial charge on any atom is -0.489 e. The molecule has 1 atom stereocenters. The van der Waals surface area contributed by atoms with Crippen molar-refractivity contribution in [3.63, 3.8) is 0 Å². The highest BCUT2D eigenvalue weighted by Crippen LogP contribution is 2.31. The third-order valence-electron chi connectivity index (χ3n) is 4.93. The maximum atomic E-state index is 9.12. The van der Waals surface area contributed by atoms with E-state index in [0.29, 0.717) is 6.04 Å². The molecule has 4 nitrogen and oxygen atoms in total. The van der Waals surface area contributed by atoms with Crippen LogP contribution in [0.3, 0.4) is 0 Å². The fraction of sp³-hybridized carbons (Fsp3) is 0.409. The molecule has 1 saturated heterocycles. The second-order valence-corrected chi connectivity index (χ2v) is 7.07. The zero-order valence-electron chi connectivity index (χ0n) is 15.9. The van der Waals surface area contributed by atoms with Gasteiger partial charge in [-0.25, -0.2) is 0 Å². The third kappa shape index (κ3) is 4.17. The number of hydrogen-bond acceptors (Lipinski definition) is 4. The summed E-state index contributed by atoms with van der Waals surface area (Å²) >= 11 is 0. The number of nitriles is 1. The molecule has 0 radical (unpaired) electrons. The Balaban J connectivity index is 1.67. The summed E-state index contributed by atoms with van der Waals surface area (Å²) in [6, 6.07) is 18.8. The van der Waals surface area contributed by atoms with Gasteiger partial charge in [0.1, 0.15) is 5.75 Å². The number of para-hydroxylation sites is 2. The molecule has 2 aromatic rings. The number of nitrogens with zero attached hydrogens (tertiary/aromatic N) is 3. The summed E-state index contributed by atoms with van der Waals surface area (Å²) < 4.78 is 5.98. The van der Waals surface area contributed by atoms with E-state index in [-0.39, 0.29) is 6.10 Å². The van der Waals surface area contributed by atoms with Crippen molar-refractivity contribution in [2.24, 2.45) is 0 Å². The van der Waals surface area contributed by atoms with Gasteiger partial charge in [-0.15, -0.1) is 0 Å². The van der Waals surface area contributed by atoms with Crippen LogP contribution >= 0.6 is 0 Å². The van der Waals surface area contributed by atoms with Crippen molar-refractivity contribution in [2.45, 2.75) is 32.9 Å². The van der Waals surface area contributed by atoms with Gasteiger partial charge in [-0.3, -0.25) is 4.90 Å². The van der Waals surface area contributed by atoms with Crippen molar-refractivity contribution < 1.29 is 4.74 Å². The first-order chi connectivity index (χ1) is 12.6. The molecule has 136 valence electrons. The molecule has 0 aromatic heterocycles. The molecule has 1 aliphatic heterocycles. The lowest BCUT2D eigenvalue weighted by atomic mass is 10.0. The molecule has 1 heterocycles. The van der Waals surface area contributed by atoms with Crippen molar-refractivity contribution in [1.82, 2.24) is 4.90 Å². The summed E-state index contributed by atoms with van der Waals surface area (Å²) in [5, 5.41) is 9.12. The Bertz CT molecular complexity index is 773. The highest BCUT2D eigenvalue weighted by Gasteiger charge is 2.24. The number of hydrogen-bond donors (Lipinski definition) is 0. The molecule has 0 amide bonds. The standard InChI is InChI=1S/C22H27N3O/c1-17(2)26-22-10-5-4-9-21(22)25-13-11-24(12-14-25)18(3)20-8-6-7-19(15-20)16-23/h4-10,15,17-18H,11-14H2,1-3H3. The van der Waals surface area contributed by atoms with E-state index < -0.39 is 0 Å². The summed E-state index contributed by atoms with van der Waals surface area (Å²) in [5.74, 6) is 0.964. The first-order valence-corrected chi connectivity index (χ1v) is 9.33. The van der Waals surface area contributed by atoms with Gasteiger partial charge < -0.3 is 9.64 Å².